The van der Waals surface area contributed by atoms with Gasteiger partial charge in [-0.25, -0.2) is 0 Å². The van der Waals surface area contributed by atoms with Crippen molar-refractivity contribution in [2.45, 2.75) is 32.3 Å². The molecular weight excluding hydrogens is 256 g/mol. The number of amides is 2. The molecule has 1 saturated heterocycles. The molecule has 1 aromatic carbocycles. The molecule has 5 nitrogen and oxygen atoms in total. The molecule has 0 aromatic heterocycles. The van der Waals surface area contributed by atoms with E-state index in [-0.39, 0.29) is 24.3 Å². The van der Waals surface area contributed by atoms with Gasteiger partial charge in [0.25, 0.3) is 0 Å². The molecule has 2 amide bonds. The van der Waals surface area contributed by atoms with Gasteiger partial charge in [0.15, 0.2) is 0 Å². The molecule has 2 N–H and O–H groups in total. The number of hydrogen-bond donors (Lipinski definition) is 2. The van der Waals surface area contributed by atoms with Crippen molar-refractivity contribution in [2.24, 2.45) is 0 Å². The van der Waals surface area contributed by atoms with Crippen molar-refractivity contribution in [3.05, 3.63) is 29.8 Å². The quantitative estimate of drug-likeness (QED) is 0.803. The lowest BCUT2D eigenvalue weighted by molar-refractivity contribution is -0.127. The summed E-state index contributed by atoms with van der Waals surface area (Å²) in [7, 11) is 0. The average molecular weight is 276 g/mol. The van der Waals surface area contributed by atoms with Crippen LogP contribution < -0.4 is 10.6 Å². The standard InChI is InChI=1S/C15H20N2O3/c1-11-4-2-5-12(8-11)17-15(19)9-14(18)16-10-13-6-3-7-20-13/h2,4-5,8,13H,3,6-7,9-10H2,1H3,(H,16,18)(H,17,19). The predicted molar refractivity (Wildman–Crippen MR) is 76.4 cm³/mol. The number of rotatable bonds is 5. The summed E-state index contributed by atoms with van der Waals surface area (Å²) in [6.07, 6.45) is 1.93. The van der Waals surface area contributed by atoms with Gasteiger partial charge in [-0.1, -0.05) is 12.1 Å². The maximum Gasteiger partial charge on any atom is 0.233 e. The molecule has 1 atom stereocenters. The first-order chi connectivity index (χ1) is 9.63. The Labute approximate surface area is 118 Å². The van der Waals surface area contributed by atoms with E-state index in [1.165, 1.54) is 0 Å². The number of carbonyl (C=O) groups excluding carboxylic acids is 2. The molecule has 0 spiro atoms. The van der Waals surface area contributed by atoms with Crippen LogP contribution in [0.3, 0.4) is 0 Å². The first-order valence-electron chi connectivity index (χ1n) is 6.88. The van der Waals surface area contributed by atoms with Gasteiger partial charge in [-0.2, -0.15) is 0 Å². The maximum absolute atomic E-state index is 11.7. The van der Waals surface area contributed by atoms with E-state index in [1.807, 2.05) is 25.1 Å². The van der Waals surface area contributed by atoms with Crippen molar-refractivity contribution in [2.75, 3.05) is 18.5 Å². The van der Waals surface area contributed by atoms with Crippen molar-refractivity contribution in [3.63, 3.8) is 0 Å². The molecule has 108 valence electrons. The van der Waals surface area contributed by atoms with E-state index in [0.717, 1.165) is 25.0 Å². The molecule has 0 radical (unpaired) electrons. The van der Waals surface area contributed by atoms with Crippen LogP contribution in [0.4, 0.5) is 5.69 Å². The van der Waals surface area contributed by atoms with E-state index in [4.69, 9.17) is 4.74 Å². The Morgan fingerprint density at radius 2 is 2.20 bits per heavy atom. The third-order valence-electron chi connectivity index (χ3n) is 3.17. The topological polar surface area (TPSA) is 67.4 Å². The van der Waals surface area contributed by atoms with Crippen LogP contribution in [0, 0.1) is 6.92 Å². The first kappa shape index (κ1) is 14.5. The average Bonchev–Trinajstić information content (AvgIpc) is 2.89. The van der Waals surface area contributed by atoms with Crippen LogP contribution in [-0.2, 0) is 14.3 Å². The fourth-order valence-electron chi connectivity index (χ4n) is 2.17. The molecule has 0 saturated carbocycles. The van der Waals surface area contributed by atoms with Gasteiger partial charge in [0.05, 0.1) is 6.10 Å². The second-order valence-electron chi connectivity index (χ2n) is 5.03. The number of nitrogens with one attached hydrogen (secondary N) is 2. The number of carbonyl (C=O) groups is 2. The highest BCUT2D eigenvalue weighted by Crippen LogP contribution is 2.11. The second-order valence-corrected chi connectivity index (χ2v) is 5.03. The number of aryl methyl sites for hydroxylation is 1. The Kier molecular flexibility index (Phi) is 5.12. The van der Waals surface area contributed by atoms with E-state index in [1.54, 1.807) is 6.07 Å². The Balaban J connectivity index is 1.71. The van der Waals surface area contributed by atoms with Gasteiger partial charge >= 0.3 is 0 Å². The fourth-order valence-corrected chi connectivity index (χ4v) is 2.17. The Bertz CT molecular complexity index is 482. The first-order valence-corrected chi connectivity index (χ1v) is 6.88. The van der Waals surface area contributed by atoms with E-state index in [9.17, 15) is 9.59 Å². The zero-order valence-corrected chi connectivity index (χ0v) is 11.6. The van der Waals surface area contributed by atoms with Crippen LogP contribution in [0.15, 0.2) is 24.3 Å². The summed E-state index contributed by atoms with van der Waals surface area (Å²) in [6.45, 7) is 3.19. The zero-order chi connectivity index (χ0) is 14.4. The normalized spacial score (nSPS) is 17.8. The molecule has 1 fully saturated rings. The predicted octanol–water partition coefficient (Wildman–Crippen LogP) is 1.62. The van der Waals surface area contributed by atoms with Crippen molar-refractivity contribution in [3.8, 4) is 0 Å². The summed E-state index contributed by atoms with van der Waals surface area (Å²) in [5.74, 6) is -0.578. The third-order valence-corrected chi connectivity index (χ3v) is 3.17. The van der Waals surface area contributed by atoms with Crippen LogP contribution in [0.5, 0.6) is 0 Å². The van der Waals surface area contributed by atoms with E-state index >= 15 is 0 Å². The van der Waals surface area contributed by atoms with Crippen LogP contribution in [-0.4, -0.2) is 31.1 Å². The molecular formula is C15H20N2O3. The lowest BCUT2D eigenvalue weighted by Gasteiger charge is -2.11. The van der Waals surface area contributed by atoms with Gasteiger partial charge in [0.1, 0.15) is 6.42 Å². The summed E-state index contributed by atoms with van der Waals surface area (Å²) in [5, 5.41) is 5.44. The van der Waals surface area contributed by atoms with Crippen LogP contribution in [0.25, 0.3) is 0 Å². The number of ether oxygens (including phenoxy) is 1. The molecule has 1 aliphatic heterocycles. The van der Waals surface area contributed by atoms with E-state index < -0.39 is 0 Å². The minimum atomic E-state index is -0.305. The van der Waals surface area contributed by atoms with Gasteiger partial charge in [0.2, 0.25) is 11.8 Å². The molecule has 0 bridgehead atoms. The number of hydrogen-bond acceptors (Lipinski definition) is 3. The summed E-state index contributed by atoms with van der Waals surface area (Å²) in [4.78, 5) is 23.4. The lowest BCUT2D eigenvalue weighted by atomic mass is 10.2. The van der Waals surface area contributed by atoms with Crippen LogP contribution >= 0.6 is 0 Å². The molecule has 5 heteroatoms. The Morgan fingerprint density at radius 3 is 2.90 bits per heavy atom. The maximum atomic E-state index is 11.7. The summed E-state index contributed by atoms with van der Waals surface area (Å²) >= 11 is 0. The molecule has 0 aliphatic carbocycles. The molecule has 1 unspecified atom stereocenters. The molecule has 1 heterocycles. The zero-order valence-electron chi connectivity index (χ0n) is 11.6. The van der Waals surface area contributed by atoms with Crippen LogP contribution in [0.1, 0.15) is 24.8 Å². The van der Waals surface area contributed by atoms with Crippen molar-refractivity contribution < 1.29 is 14.3 Å². The largest absolute Gasteiger partial charge is 0.376 e. The molecule has 1 aliphatic rings. The third kappa shape index (κ3) is 4.66. The molecule has 1 aromatic rings. The summed E-state index contributed by atoms with van der Waals surface area (Å²) in [6, 6.07) is 7.48. The Morgan fingerprint density at radius 1 is 1.35 bits per heavy atom. The SMILES string of the molecule is Cc1cccc(NC(=O)CC(=O)NCC2CCCO2)c1. The van der Waals surface area contributed by atoms with Gasteiger partial charge < -0.3 is 15.4 Å². The van der Waals surface area contributed by atoms with Gasteiger partial charge in [-0.3, -0.25) is 9.59 Å². The summed E-state index contributed by atoms with van der Waals surface area (Å²) in [5.41, 5.74) is 1.77. The fraction of sp³-hybridized carbons (Fsp3) is 0.467. The van der Waals surface area contributed by atoms with Crippen LogP contribution in [0.2, 0.25) is 0 Å². The monoisotopic (exact) mass is 276 g/mol. The summed E-state index contributed by atoms with van der Waals surface area (Å²) < 4.78 is 5.40. The number of anilines is 1. The highest BCUT2D eigenvalue weighted by atomic mass is 16.5. The second kappa shape index (κ2) is 7.05. The van der Waals surface area contributed by atoms with Gasteiger partial charge in [-0.05, 0) is 37.5 Å². The van der Waals surface area contributed by atoms with Gasteiger partial charge in [-0.15, -0.1) is 0 Å². The number of benzene rings is 1. The highest BCUT2D eigenvalue weighted by molar-refractivity contribution is 6.03. The lowest BCUT2D eigenvalue weighted by Crippen LogP contribution is -2.34. The van der Waals surface area contributed by atoms with Crippen molar-refractivity contribution >= 4 is 17.5 Å². The smallest absolute Gasteiger partial charge is 0.233 e. The Hall–Kier alpha value is -1.88. The molecule has 20 heavy (non-hydrogen) atoms. The van der Waals surface area contributed by atoms with E-state index in [2.05, 4.69) is 10.6 Å². The minimum Gasteiger partial charge on any atom is -0.376 e. The van der Waals surface area contributed by atoms with E-state index in [0.29, 0.717) is 12.2 Å². The molecule has 2 rings (SSSR count). The van der Waals surface area contributed by atoms with Gasteiger partial charge in [0, 0.05) is 18.8 Å². The van der Waals surface area contributed by atoms with Crippen molar-refractivity contribution in [1.82, 2.24) is 5.32 Å². The highest BCUT2D eigenvalue weighted by Gasteiger charge is 2.17. The van der Waals surface area contributed by atoms with Crippen molar-refractivity contribution in [1.29, 1.82) is 0 Å². The minimum absolute atomic E-state index is 0.0961.